The first-order valence-corrected chi connectivity index (χ1v) is 12.0. The van der Waals surface area contributed by atoms with Gasteiger partial charge < -0.3 is 14.5 Å². The Balaban J connectivity index is 1.59. The third-order valence-electron chi connectivity index (χ3n) is 5.38. The molecule has 0 bridgehead atoms. The van der Waals surface area contributed by atoms with Crippen LogP contribution in [0.1, 0.15) is 11.1 Å². The number of anilines is 1. The van der Waals surface area contributed by atoms with Gasteiger partial charge in [-0.1, -0.05) is 23.7 Å². The minimum absolute atomic E-state index is 0.208. The number of halogens is 1. The molecule has 1 heterocycles. The maximum Gasteiger partial charge on any atom is 0.239 e. The Bertz CT molecular complexity index is 1040. The number of piperazine rings is 1. The first-order valence-electron chi connectivity index (χ1n) is 10.1. The highest BCUT2D eigenvalue weighted by Crippen LogP contribution is 2.24. The Kier molecular flexibility index (Phi) is 7.46. The fourth-order valence-corrected chi connectivity index (χ4v) is 5.25. The molecular formula is C22H28ClN3O4S. The summed E-state index contributed by atoms with van der Waals surface area (Å²) in [4.78, 5) is 16.2. The van der Waals surface area contributed by atoms with Crippen molar-refractivity contribution in [3.8, 4) is 5.75 Å². The van der Waals surface area contributed by atoms with E-state index in [-0.39, 0.29) is 6.54 Å². The Hall–Kier alpha value is -2.29. The van der Waals surface area contributed by atoms with E-state index in [1.54, 1.807) is 25.2 Å². The summed E-state index contributed by atoms with van der Waals surface area (Å²) >= 11 is 6.04. The molecule has 1 aliphatic rings. The molecule has 1 fully saturated rings. The number of aryl methyl sites for hydroxylation is 1. The maximum atomic E-state index is 12.8. The average molecular weight is 466 g/mol. The lowest BCUT2D eigenvalue weighted by Gasteiger charge is -2.35. The average Bonchev–Trinajstić information content (AvgIpc) is 2.73. The number of amides is 1. The van der Waals surface area contributed by atoms with Crippen molar-refractivity contribution in [3.05, 3.63) is 58.6 Å². The Morgan fingerprint density at radius 3 is 2.48 bits per heavy atom. The molecule has 1 saturated heterocycles. The van der Waals surface area contributed by atoms with Crippen LogP contribution in [0.25, 0.3) is 0 Å². The molecule has 7 nitrogen and oxygen atoms in total. The number of benzene rings is 2. The fraction of sp³-hybridized carbons (Fsp3) is 0.409. The number of nitrogens with zero attached hydrogens (tertiary/aromatic N) is 3. The second-order valence-electron chi connectivity index (χ2n) is 7.69. The number of rotatable bonds is 7. The van der Waals surface area contributed by atoms with Crippen molar-refractivity contribution < 1.29 is 17.9 Å². The van der Waals surface area contributed by atoms with Crippen LogP contribution in [0.4, 0.5) is 5.69 Å². The fourth-order valence-electron chi connectivity index (χ4n) is 3.62. The van der Waals surface area contributed by atoms with Crippen molar-refractivity contribution in [1.29, 1.82) is 0 Å². The molecule has 1 amide bonds. The van der Waals surface area contributed by atoms with E-state index in [9.17, 15) is 13.2 Å². The van der Waals surface area contributed by atoms with Crippen molar-refractivity contribution in [2.24, 2.45) is 0 Å². The predicted octanol–water partition coefficient (Wildman–Crippen LogP) is 2.77. The third-order valence-corrected chi connectivity index (χ3v) is 7.38. The van der Waals surface area contributed by atoms with Crippen LogP contribution in [-0.2, 0) is 21.4 Å². The van der Waals surface area contributed by atoms with Gasteiger partial charge in [-0.15, -0.1) is 0 Å². The molecule has 0 spiro atoms. The van der Waals surface area contributed by atoms with E-state index in [0.717, 1.165) is 16.8 Å². The normalized spacial score (nSPS) is 15.0. The number of carbonyl (C=O) groups is 1. The van der Waals surface area contributed by atoms with E-state index < -0.39 is 21.7 Å². The molecule has 0 atom stereocenters. The van der Waals surface area contributed by atoms with Gasteiger partial charge in [0.1, 0.15) is 11.5 Å². The molecule has 0 saturated carbocycles. The second-order valence-corrected chi connectivity index (χ2v) is 10.1. The number of methoxy groups -OCH3 is 1. The summed E-state index contributed by atoms with van der Waals surface area (Å²) in [5, 5.41) is 0.524. The topological polar surface area (TPSA) is 70.2 Å². The number of sulfonamides is 1. The van der Waals surface area contributed by atoms with Crippen molar-refractivity contribution in [1.82, 2.24) is 9.21 Å². The molecule has 2 aromatic rings. The lowest BCUT2D eigenvalue weighted by Crippen LogP contribution is -2.50. The Morgan fingerprint density at radius 2 is 1.84 bits per heavy atom. The van der Waals surface area contributed by atoms with Gasteiger partial charge in [0.2, 0.25) is 15.9 Å². The second kappa shape index (κ2) is 9.89. The van der Waals surface area contributed by atoms with Gasteiger partial charge in [-0.2, -0.15) is 4.31 Å². The van der Waals surface area contributed by atoms with Crippen LogP contribution in [0, 0.1) is 6.92 Å². The Morgan fingerprint density at radius 1 is 1.13 bits per heavy atom. The summed E-state index contributed by atoms with van der Waals surface area (Å²) in [6, 6.07) is 13.3. The van der Waals surface area contributed by atoms with Crippen LogP contribution in [0.5, 0.6) is 5.75 Å². The summed E-state index contributed by atoms with van der Waals surface area (Å²) in [5.41, 5.74) is 2.97. The van der Waals surface area contributed by atoms with Gasteiger partial charge in [0.05, 0.1) is 7.11 Å². The van der Waals surface area contributed by atoms with E-state index in [1.165, 1.54) is 16.3 Å². The molecule has 2 aromatic carbocycles. The summed E-state index contributed by atoms with van der Waals surface area (Å²) in [7, 11) is -0.585. The minimum Gasteiger partial charge on any atom is -0.496 e. The van der Waals surface area contributed by atoms with Crippen LogP contribution >= 0.6 is 11.6 Å². The zero-order valence-corrected chi connectivity index (χ0v) is 19.6. The van der Waals surface area contributed by atoms with Crippen LogP contribution in [0.2, 0.25) is 5.02 Å². The van der Waals surface area contributed by atoms with E-state index in [0.29, 0.717) is 37.0 Å². The summed E-state index contributed by atoms with van der Waals surface area (Å²) < 4.78 is 32.4. The van der Waals surface area contributed by atoms with Gasteiger partial charge >= 0.3 is 0 Å². The molecule has 31 heavy (non-hydrogen) atoms. The number of hydrogen-bond donors (Lipinski definition) is 0. The highest BCUT2D eigenvalue weighted by molar-refractivity contribution is 7.89. The van der Waals surface area contributed by atoms with Crippen LogP contribution < -0.4 is 9.64 Å². The molecule has 0 unspecified atom stereocenters. The smallest absolute Gasteiger partial charge is 0.239 e. The van der Waals surface area contributed by atoms with Crippen LogP contribution in [-0.4, -0.2) is 69.6 Å². The summed E-state index contributed by atoms with van der Waals surface area (Å²) in [5.74, 6) is -0.432. The monoisotopic (exact) mass is 465 g/mol. The number of hydrogen-bond acceptors (Lipinski definition) is 5. The zero-order valence-electron chi connectivity index (χ0n) is 18.0. The molecule has 168 valence electrons. The van der Waals surface area contributed by atoms with Gasteiger partial charge in [0.25, 0.3) is 0 Å². The van der Waals surface area contributed by atoms with Crippen molar-refractivity contribution in [2.45, 2.75) is 13.5 Å². The minimum atomic E-state index is -3.70. The van der Waals surface area contributed by atoms with Crippen molar-refractivity contribution in [3.63, 3.8) is 0 Å². The van der Waals surface area contributed by atoms with Gasteiger partial charge in [-0.3, -0.25) is 4.79 Å². The van der Waals surface area contributed by atoms with Crippen LogP contribution in [0.3, 0.4) is 0 Å². The third kappa shape index (κ3) is 5.90. The molecular weight excluding hydrogens is 438 g/mol. The molecule has 0 radical (unpaired) electrons. The molecule has 0 aliphatic carbocycles. The summed E-state index contributed by atoms with van der Waals surface area (Å²) in [6.07, 6.45) is 0. The van der Waals surface area contributed by atoms with Crippen LogP contribution in [0.15, 0.2) is 42.5 Å². The lowest BCUT2D eigenvalue weighted by molar-refractivity contribution is -0.127. The SMILES string of the molecule is COc1ccc(Cl)cc1CN(C)C(=O)CS(=O)(=O)N1CCN(c2cccc(C)c2)CC1. The largest absolute Gasteiger partial charge is 0.496 e. The van der Waals surface area contributed by atoms with Crippen molar-refractivity contribution >= 4 is 33.2 Å². The first kappa shape index (κ1) is 23.4. The molecule has 0 N–H and O–H groups in total. The highest BCUT2D eigenvalue weighted by Gasteiger charge is 2.30. The molecule has 3 rings (SSSR count). The van der Waals surface area contributed by atoms with Gasteiger partial charge in [0.15, 0.2) is 0 Å². The van der Waals surface area contributed by atoms with Gasteiger partial charge in [0, 0.05) is 56.0 Å². The van der Waals surface area contributed by atoms with E-state index in [2.05, 4.69) is 11.0 Å². The first-order chi connectivity index (χ1) is 14.7. The van der Waals surface area contributed by atoms with Gasteiger partial charge in [-0.05, 0) is 42.8 Å². The molecule has 9 heteroatoms. The number of ether oxygens (including phenoxy) is 1. The quantitative estimate of drug-likeness (QED) is 0.628. The lowest BCUT2D eigenvalue weighted by atomic mass is 10.2. The van der Waals surface area contributed by atoms with Crippen molar-refractivity contribution in [2.75, 3.05) is 51.0 Å². The number of carbonyl (C=O) groups excluding carboxylic acids is 1. The zero-order chi connectivity index (χ0) is 22.6. The van der Waals surface area contributed by atoms with Gasteiger partial charge in [-0.25, -0.2) is 8.42 Å². The highest BCUT2D eigenvalue weighted by atomic mass is 35.5. The van der Waals surface area contributed by atoms with E-state index >= 15 is 0 Å². The Labute approximate surface area is 189 Å². The predicted molar refractivity (Wildman–Crippen MR) is 123 cm³/mol. The van der Waals surface area contributed by atoms with E-state index in [1.807, 2.05) is 25.1 Å². The molecule has 0 aromatic heterocycles. The van der Waals surface area contributed by atoms with E-state index in [4.69, 9.17) is 16.3 Å². The molecule has 1 aliphatic heterocycles. The standard InChI is InChI=1S/C22H28ClN3O4S/c1-17-5-4-6-20(13-17)25-9-11-26(12-10-25)31(28,29)16-22(27)24(2)15-18-14-19(23)7-8-21(18)30-3/h4-8,13-14H,9-12,15-16H2,1-3H3. The maximum absolute atomic E-state index is 12.8. The summed E-state index contributed by atoms with van der Waals surface area (Å²) in [6.45, 7) is 4.13.